The van der Waals surface area contributed by atoms with Crippen molar-refractivity contribution in [3.8, 4) is 0 Å². The number of hydrogen-bond acceptors (Lipinski definition) is 7. The average Bonchev–Trinajstić information content (AvgIpc) is 3.23. The van der Waals surface area contributed by atoms with E-state index < -0.39 is 48.3 Å². The second-order valence-electron chi connectivity index (χ2n) is 11.8. The summed E-state index contributed by atoms with van der Waals surface area (Å²) in [6.45, 7) is 0.0791. The van der Waals surface area contributed by atoms with E-state index in [9.17, 15) is 27.2 Å². The summed E-state index contributed by atoms with van der Waals surface area (Å²) in [5, 5.41) is 17.6. The Morgan fingerprint density at radius 2 is 1.90 bits per heavy atom. The molecule has 4 fully saturated rings. The molecule has 3 aromatic rings. The van der Waals surface area contributed by atoms with Crippen molar-refractivity contribution >= 4 is 17.6 Å². The number of alkyl halides is 4. The van der Waals surface area contributed by atoms with Gasteiger partial charge in [-0.15, -0.1) is 0 Å². The van der Waals surface area contributed by atoms with E-state index in [2.05, 4.69) is 31.0 Å². The van der Waals surface area contributed by atoms with Crippen LogP contribution in [0.3, 0.4) is 0 Å². The first-order valence-electron chi connectivity index (χ1n) is 13.9. The van der Waals surface area contributed by atoms with Gasteiger partial charge in [0.05, 0.1) is 36.2 Å². The molecule has 0 unspecified atom stereocenters. The molecule has 4 heterocycles. The Labute approximate surface area is 231 Å². The Bertz CT molecular complexity index is 1490. The number of nitrogens with one attached hydrogen (secondary N) is 2. The van der Waals surface area contributed by atoms with Crippen LogP contribution in [0.25, 0.3) is 5.65 Å². The molecule has 1 aliphatic heterocycles. The SMILES string of the molecule is O=C(N[C@H](c1cn2ncc(CN3C(=O)N[C@@H]4CC(F)(F)C[C@@H]43)cc2n1)C1CCC(F)(F)CC1)c1nonc1C1CC1. The lowest BCUT2D eigenvalue weighted by atomic mass is 9.81. The van der Waals surface area contributed by atoms with Crippen LogP contribution < -0.4 is 10.6 Å². The number of aromatic nitrogens is 5. The predicted octanol–water partition coefficient (Wildman–Crippen LogP) is 3.98. The second kappa shape index (κ2) is 9.38. The van der Waals surface area contributed by atoms with Crippen LogP contribution in [0, 0.1) is 5.92 Å². The quantitative estimate of drug-likeness (QED) is 0.407. The highest BCUT2D eigenvalue weighted by Gasteiger charge is 2.54. The van der Waals surface area contributed by atoms with Gasteiger partial charge in [-0.05, 0) is 48.4 Å². The summed E-state index contributed by atoms with van der Waals surface area (Å²) in [5.74, 6) is -6.27. The molecule has 15 heteroatoms. The highest BCUT2D eigenvalue weighted by molar-refractivity contribution is 5.93. The maximum Gasteiger partial charge on any atom is 0.318 e. The minimum Gasteiger partial charge on any atom is -0.342 e. The van der Waals surface area contributed by atoms with Gasteiger partial charge in [0.25, 0.3) is 11.8 Å². The van der Waals surface area contributed by atoms with Crippen molar-refractivity contribution in [2.45, 2.75) is 93.8 Å². The second-order valence-corrected chi connectivity index (χ2v) is 11.8. The Morgan fingerprint density at radius 3 is 2.66 bits per heavy atom. The van der Waals surface area contributed by atoms with Crippen molar-refractivity contribution in [3.05, 3.63) is 41.1 Å². The Balaban J connectivity index is 1.15. The molecule has 0 radical (unpaired) electrons. The normalized spacial score (nSPS) is 26.2. The van der Waals surface area contributed by atoms with Gasteiger partial charge in [0, 0.05) is 38.1 Å². The van der Waals surface area contributed by atoms with Crippen LogP contribution in [0.2, 0.25) is 0 Å². The lowest BCUT2D eigenvalue weighted by Gasteiger charge is -2.33. The van der Waals surface area contributed by atoms with Gasteiger partial charge in [-0.3, -0.25) is 4.79 Å². The number of rotatable bonds is 7. The number of nitrogens with zero attached hydrogens (tertiary/aromatic N) is 6. The Kier molecular flexibility index (Phi) is 5.98. The monoisotopic (exact) mass is 576 g/mol. The summed E-state index contributed by atoms with van der Waals surface area (Å²) in [6, 6.07) is -0.604. The van der Waals surface area contributed by atoms with Crippen molar-refractivity contribution in [1.29, 1.82) is 0 Å². The summed E-state index contributed by atoms with van der Waals surface area (Å²) in [6.07, 6.45) is 3.95. The third-order valence-electron chi connectivity index (χ3n) is 8.74. The summed E-state index contributed by atoms with van der Waals surface area (Å²) in [7, 11) is 0. The standard InChI is InChI=1S/C26H28F4N8O3/c27-25(28)5-3-15(4-6-25)20(34-23(39)22-21(14-1-2-14)35-41-36-22)17-12-38-19(32-17)7-13(10-31-38)11-37-18-9-26(29,30)8-16(18)33-24(37)40/h7,10,12,14-16,18,20H,1-6,8-9,11H2,(H,33,40)(H,34,39)/t16-,18+,20+/m1/s1. The molecule has 4 aliphatic rings. The molecule has 3 aromatic heterocycles. The van der Waals surface area contributed by atoms with E-state index in [1.165, 1.54) is 15.6 Å². The number of carbonyl (C=O) groups excluding carboxylic acids is 2. The van der Waals surface area contributed by atoms with E-state index in [0.29, 0.717) is 22.6 Å². The zero-order valence-corrected chi connectivity index (χ0v) is 21.9. The van der Waals surface area contributed by atoms with Crippen molar-refractivity contribution in [1.82, 2.24) is 40.4 Å². The lowest BCUT2D eigenvalue weighted by molar-refractivity contribution is -0.0495. The van der Waals surface area contributed by atoms with E-state index in [0.717, 1.165) is 12.8 Å². The number of amides is 3. The molecular weight excluding hydrogens is 548 g/mol. The molecule has 218 valence electrons. The number of carbonyl (C=O) groups is 2. The molecule has 0 aromatic carbocycles. The molecule has 41 heavy (non-hydrogen) atoms. The molecule has 0 spiro atoms. The fourth-order valence-corrected chi connectivity index (χ4v) is 6.43. The maximum atomic E-state index is 14.0. The zero-order valence-electron chi connectivity index (χ0n) is 21.9. The molecule has 11 nitrogen and oxygen atoms in total. The average molecular weight is 577 g/mol. The fourth-order valence-electron chi connectivity index (χ4n) is 6.43. The summed E-state index contributed by atoms with van der Waals surface area (Å²) in [5.41, 5.74) is 2.03. The molecule has 3 atom stereocenters. The molecular formula is C26H28F4N8O3. The fraction of sp³-hybridized carbons (Fsp3) is 0.615. The first kappa shape index (κ1) is 26.1. The van der Waals surface area contributed by atoms with Gasteiger partial charge in [0.15, 0.2) is 11.3 Å². The molecule has 2 N–H and O–H groups in total. The zero-order chi connectivity index (χ0) is 28.5. The topological polar surface area (TPSA) is 131 Å². The van der Waals surface area contributed by atoms with Gasteiger partial charge in [0.2, 0.25) is 5.92 Å². The maximum absolute atomic E-state index is 14.0. The summed E-state index contributed by atoms with van der Waals surface area (Å²) >= 11 is 0. The van der Waals surface area contributed by atoms with Crippen LogP contribution in [0.5, 0.6) is 0 Å². The lowest BCUT2D eigenvalue weighted by Crippen LogP contribution is -2.37. The number of halogens is 4. The first-order valence-corrected chi connectivity index (χ1v) is 13.9. The van der Waals surface area contributed by atoms with Crippen LogP contribution in [0.1, 0.15) is 90.8 Å². The van der Waals surface area contributed by atoms with Crippen LogP contribution in [0.15, 0.2) is 23.1 Å². The molecule has 7 rings (SSSR count). The van der Waals surface area contributed by atoms with E-state index in [-0.39, 0.29) is 56.2 Å². The van der Waals surface area contributed by atoms with Crippen molar-refractivity contribution in [2.75, 3.05) is 0 Å². The van der Waals surface area contributed by atoms with Crippen LogP contribution in [-0.2, 0) is 6.54 Å². The highest BCUT2D eigenvalue weighted by atomic mass is 19.3. The van der Waals surface area contributed by atoms with E-state index in [4.69, 9.17) is 4.63 Å². The van der Waals surface area contributed by atoms with Gasteiger partial charge in [-0.1, -0.05) is 5.16 Å². The third-order valence-corrected chi connectivity index (χ3v) is 8.74. The van der Waals surface area contributed by atoms with Gasteiger partial charge in [0.1, 0.15) is 5.69 Å². The minimum absolute atomic E-state index is 0.0791. The minimum atomic E-state index is -2.83. The summed E-state index contributed by atoms with van der Waals surface area (Å²) in [4.78, 5) is 31.8. The Morgan fingerprint density at radius 1 is 1.12 bits per heavy atom. The number of urea groups is 1. The number of hydrogen-bond donors (Lipinski definition) is 2. The van der Waals surface area contributed by atoms with Crippen LogP contribution in [0.4, 0.5) is 22.4 Å². The molecule has 3 aliphatic carbocycles. The van der Waals surface area contributed by atoms with E-state index in [1.54, 1.807) is 12.3 Å². The first-order chi connectivity index (χ1) is 19.6. The molecule has 0 bridgehead atoms. The van der Waals surface area contributed by atoms with Gasteiger partial charge in [-0.25, -0.2) is 36.5 Å². The van der Waals surface area contributed by atoms with Crippen LogP contribution in [-0.4, -0.2) is 65.7 Å². The third kappa shape index (κ3) is 4.99. The number of imidazole rings is 1. The van der Waals surface area contributed by atoms with Gasteiger partial charge in [-0.2, -0.15) is 5.10 Å². The molecule has 1 saturated heterocycles. The van der Waals surface area contributed by atoms with Crippen molar-refractivity contribution in [2.24, 2.45) is 5.92 Å². The van der Waals surface area contributed by atoms with E-state index in [1.807, 2.05) is 0 Å². The van der Waals surface area contributed by atoms with Crippen molar-refractivity contribution < 1.29 is 31.8 Å². The van der Waals surface area contributed by atoms with Crippen LogP contribution >= 0.6 is 0 Å². The van der Waals surface area contributed by atoms with Gasteiger partial charge >= 0.3 is 6.03 Å². The van der Waals surface area contributed by atoms with E-state index >= 15 is 0 Å². The highest BCUT2D eigenvalue weighted by Crippen LogP contribution is 2.43. The Hall–Kier alpha value is -3.78. The predicted molar refractivity (Wildman–Crippen MR) is 132 cm³/mol. The smallest absolute Gasteiger partial charge is 0.318 e. The summed E-state index contributed by atoms with van der Waals surface area (Å²) < 4.78 is 62.2. The molecule has 3 saturated carbocycles. The largest absolute Gasteiger partial charge is 0.342 e. The molecule has 3 amide bonds. The van der Waals surface area contributed by atoms with Gasteiger partial charge < -0.3 is 15.5 Å². The van der Waals surface area contributed by atoms with Crippen molar-refractivity contribution in [3.63, 3.8) is 0 Å². The number of fused-ring (bicyclic) bond motifs is 2.